The Morgan fingerprint density at radius 2 is 2.06 bits per heavy atom. The summed E-state index contributed by atoms with van der Waals surface area (Å²) in [5.41, 5.74) is 1.61. The van der Waals surface area contributed by atoms with Crippen molar-refractivity contribution in [3.63, 3.8) is 0 Å². The van der Waals surface area contributed by atoms with Crippen LogP contribution in [0.25, 0.3) is 0 Å². The van der Waals surface area contributed by atoms with Crippen LogP contribution in [0.5, 0.6) is 0 Å². The number of ether oxygens (including phenoxy) is 1. The Balaban J connectivity index is 1.68. The summed E-state index contributed by atoms with van der Waals surface area (Å²) in [6.45, 7) is 3.27. The van der Waals surface area contributed by atoms with Gasteiger partial charge in [-0.3, -0.25) is 4.90 Å². The minimum Gasteiger partial charge on any atom is -0.368 e. The van der Waals surface area contributed by atoms with Gasteiger partial charge >= 0.3 is 0 Å². The van der Waals surface area contributed by atoms with Crippen molar-refractivity contribution in [2.75, 3.05) is 17.5 Å². The average Bonchev–Trinajstić information content (AvgIpc) is 2.37. The first kappa shape index (κ1) is 12.9. The van der Waals surface area contributed by atoms with E-state index in [1.54, 1.807) is 0 Å². The number of halogens is 1. The van der Waals surface area contributed by atoms with Crippen LogP contribution >= 0.6 is 22.6 Å². The maximum atomic E-state index is 6.28. The molecule has 2 aliphatic rings. The normalized spacial score (nSPS) is 27.1. The lowest BCUT2D eigenvalue weighted by Crippen LogP contribution is -2.58. The van der Waals surface area contributed by atoms with Crippen molar-refractivity contribution in [3.05, 3.63) is 35.9 Å². The summed E-state index contributed by atoms with van der Waals surface area (Å²) in [6.07, 6.45) is 4.27. The van der Waals surface area contributed by atoms with Crippen LogP contribution in [-0.2, 0) is 11.3 Å². The van der Waals surface area contributed by atoms with Gasteiger partial charge in [-0.25, -0.2) is 0 Å². The van der Waals surface area contributed by atoms with Crippen molar-refractivity contribution in [1.29, 1.82) is 0 Å². The summed E-state index contributed by atoms with van der Waals surface area (Å²) in [5, 5.41) is 0. The van der Waals surface area contributed by atoms with Crippen molar-refractivity contribution in [2.45, 2.75) is 37.5 Å². The summed E-state index contributed by atoms with van der Waals surface area (Å²) in [5.74, 6) is 0. The Labute approximate surface area is 123 Å². The van der Waals surface area contributed by atoms with Crippen LogP contribution in [0.2, 0.25) is 0 Å². The number of hydrogen-bond donors (Lipinski definition) is 0. The minimum atomic E-state index is 0.197. The highest BCUT2D eigenvalue weighted by molar-refractivity contribution is 14.1. The van der Waals surface area contributed by atoms with Crippen LogP contribution in [0.15, 0.2) is 30.3 Å². The van der Waals surface area contributed by atoms with Crippen LogP contribution in [0.4, 0.5) is 0 Å². The molecule has 3 rings (SSSR count). The van der Waals surface area contributed by atoms with Gasteiger partial charge in [0.1, 0.15) is 0 Å². The molecular formula is C15H20INO. The van der Waals surface area contributed by atoms with Gasteiger partial charge in [0.2, 0.25) is 0 Å². The zero-order valence-electron chi connectivity index (χ0n) is 10.6. The molecule has 1 atom stereocenters. The third kappa shape index (κ3) is 2.73. The highest BCUT2D eigenvalue weighted by atomic mass is 127. The Kier molecular flexibility index (Phi) is 3.91. The second kappa shape index (κ2) is 5.47. The number of nitrogens with zero attached hydrogens (tertiary/aromatic N) is 1. The van der Waals surface area contributed by atoms with Gasteiger partial charge in [-0.05, 0) is 24.8 Å². The van der Waals surface area contributed by atoms with Crippen molar-refractivity contribution >= 4 is 22.6 Å². The van der Waals surface area contributed by atoms with Crippen LogP contribution in [0.1, 0.15) is 24.8 Å². The fourth-order valence-electron chi connectivity index (χ4n) is 3.08. The molecular weight excluding hydrogens is 337 g/mol. The second-order valence-electron chi connectivity index (χ2n) is 5.59. The Morgan fingerprint density at radius 1 is 1.28 bits per heavy atom. The fraction of sp³-hybridized carbons (Fsp3) is 0.600. The van der Waals surface area contributed by atoms with Crippen molar-refractivity contribution < 1.29 is 4.74 Å². The van der Waals surface area contributed by atoms with E-state index in [4.69, 9.17) is 4.74 Å². The largest absolute Gasteiger partial charge is 0.368 e. The molecule has 0 aromatic heterocycles. The van der Waals surface area contributed by atoms with E-state index in [1.807, 2.05) is 0 Å². The molecule has 0 amide bonds. The van der Waals surface area contributed by atoms with Crippen molar-refractivity contribution in [1.82, 2.24) is 4.90 Å². The molecule has 0 radical (unpaired) electrons. The number of hydrogen-bond acceptors (Lipinski definition) is 2. The van der Waals surface area contributed by atoms with Gasteiger partial charge in [-0.1, -0.05) is 52.9 Å². The molecule has 1 saturated heterocycles. The molecule has 1 aromatic carbocycles. The van der Waals surface area contributed by atoms with Gasteiger partial charge in [0.15, 0.2) is 0 Å². The molecule has 98 valence electrons. The first-order chi connectivity index (χ1) is 8.80. The first-order valence-electron chi connectivity index (χ1n) is 6.80. The molecule has 1 aliphatic carbocycles. The lowest BCUT2D eigenvalue weighted by Gasteiger charge is -2.51. The third-order valence-electron chi connectivity index (χ3n) is 4.08. The Morgan fingerprint density at radius 3 is 2.67 bits per heavy atom. The number of rotatable bonds is 3. The van der Waals surface area contributed by atoms with E-state index in [-0.39, 0.29) is 5.60 Å². The van der Waals surface area contributed by atoms with Gasteiger partial charge in [0.05, 0.1) is 11.7 Å². The minimum absolute atomic E-state index is 0.197. The SMILES string of the molecule is ICC1CN(Cc2ccccc2)CC2(CCC2)O1. The molecule has 1 aromatic rings. The topological polar surface area (TPSA) is 12.5 Å². The van der Waals surface area contributed by atoms with Crippen LogP contribution in [0, 0.1) is 0 Å². The van der Waals surface area contributed by atoms with E-state index in [0.717, 1.165) is 24.1 Å². The van der Waals surface area contributed by atoms with E-state index in [9.17, 15) is 0 Å². The summed E-state index contributed by atoms with van der Waals surface area (Å²) < 4.78 is 7.38. The molecule has 1 spiro atoms. The van der Waals surface area contributed by atoms with Gasteiger partial charge in [0, 0.05) is 24.1 Å². The standard InChI is InChI=1S/C15H20INO/c16-9-14-11-17(10-13-5-2-1-3-6-13)12-15(18-14)7-4-8-15/h1-3,5-6,14H,4,7-12H2. The molecule has 1 aliphatic heterocycles. The molecule has 2 nitrogen and oxygen atoms in total. The quantitative estimate of drug-likeness (QED) is 0.608. The molecule has 1 unspecified atom stereocenters. The van der Waals surface area contributed by atoms with Crippen molar-refractivity contribution in [3.8, 4) is 0 Å². The molecule has 0 bridgehead atoms. The molecule has 2 fully saturated rings. The third-order valence-corrected chi connectivity index (χ3v) is 5.06. The molecule has 1 saturated carbocycles. The van der Waals surface area contributed by atoms with Crippen LogP contribution in [-0.4, -0.2) is 34.1 Å². The summed E-state index contributed by atoms with van der Waals surface area (Å²) in [4.78, 5) is 2.58. The van der Waals surface area contributed by atoms with E-state index < -0.39 is 0 Å². The monoisotopic (exact) mass is 357 g/mol. The van der Waals surface area contributed by atoms with E-state index in [1.165, 1.54) is 24.8 Å². The highest BCUT2D eigenvalue weighted by Gasteiger charge is 2.44. The second-order valence-corrected chi connectivity index (χ2v) is 6.47. The fourth-order valence-corrected chi connectivity index (χ4v) is 3.54. The summed E-state index contributed by atoms with van der Waals surface area (Å²) in [7, 11) is 0. The number of benzene rings is 1. The number of morpholine rings is 1. The summed E-state index contributed by atoms with van der Waals surface area (Å²) >= 11 is 2.45. The lowest BCUT2D eigenvalue weighted by atomic mass is 9.78. The Bertz CT molecular complexity index is 391. The molecule has 3 heteroatoms. The zero-order chi connectivity index (χ0) is 12.4. The predicted molar refractivity (Wildman–Crippen MR) is 82.1 cm³/mol. The van der Waals surface area contributed by atoms with E-state index in [2.05, 4.69) is 57.8 Å². The zero-order valence-corrected chi connectivity index (χ0v) is 12.8. The smallest absolute Gasteiger partial charge is 0.0813 e. The van der Waals surface area contributed by atoms with Gasteiger partial charge < -0.3 is 4.74 Å². The maximum Gasteiger partial charge on any atom is 0.0813 e. The van der Waals surface area contributed by atoms with Crippen LogP contribution < -0.4 is 0 Å². The Hall–Kier alpha value is -0.130. The predicted octanol–water partition coefficient (Wildman–Crippen LogP) is 3.25. The maximum absolute atomic E-state index is 6.28. The van der Waals surface area contributed by atoms with Gasteiger partial charge in [0.25, 0.3) is 0 Å². The van der Waals surface area contributed by atoms with E-state index >= 15 is 0 Å². The van der Waals surface area contributed by atoms with Gasteiger partial charge in [-0.2, -0.15) is 0 Å². The van der Waals surface area contributed by atoms with Crippen molar-refractivity contribution in [2.24, 2.45) is 0 Å². The first-order valence-corrected chi connectivity index (χ1v) is 8.32. The number of alkyl halides is 1. The van der Waals surface area contributed by atoms with Gasteiger partial charge in [-0.15, -0.1) is 0 Å². The van der Waals surface area contributed by atoms with E-state index in [0.29, 0.717) is 6.10 Å². The molecule has 1 heterocycles. The molecule has 0 N–H and O–H groups in total. The molecule has 18 heavy (non-hydrogen) atoms. The lowest BCUT2D eigenvalue weighted by molar-refractivity contribution is -0.184. The van der Waals surface area contributed by atoms with Crippen LogP contribution in [0.3, 0.4) is 0 Å². The summed E-state index contributed by atoms with van der Waals surface area (Å²) in [6, 6.07) is 10.8. The average molecular weight is 357 g/mol. The highest BCUT2D eigenvalue weighted by Crippen LogP contribution is 2.40.